The van der Waals surface area contributed by atoms with Crippen LogP contribution in [-0.2, 0) is 0 Å². The summed E-state index contributed by atoms with van der Waals surface area (Å²) in [6, 6.07) is 6.64. The zero-order chi connectivity index (χ0) is 15.7. The molecule has 0 saturated carbocycles. The molecule has 0 bridgehead atoms. The van der Waals surface area contributed by atoms with E-state index in [0.29, 0.717) is 10.6 Å². The Bertz CT molecular complexity index is 665. The Labute approximate surface area is 142 Å². The van der Waals surface area contributed by atoms with Crippen LogP contribution >= 0.6 is 39.1 Å². The van der Waals surface area contributed by atoms with Crippen LogP contribution < -0.4 is 5.32 Å². The maximum absolute atomic E-state index is 13.6. The highest BCUT2D eigenvalue weighted by Crippen LogP contribution is 2.35. The van der Waals surface area contributed by atoms with Gasteiger partial charge in [0.05, 0.1) is 11.1 Å². The Kier molecular flexibility index (Phi) is 5.18. The minimum Gasteiger partial charge on any atom is -0.378 e. The smallest absolute Gasteiger partial charge is 0.142 e. The van der Waals surface area contributed by atoms with Gasteiger partial charge in [0.1, 0.15) is 5.82 Å². The van der Waals surface area contributed by atoms with Gasteiger partial charge in [0, 0.05) is 20.7 Å². The first-order chi connectivity index (χ1) is 9.81. The van der Waals surface area contributed by atoms with Gasteiger partial charge in [-0.3, -0.25) is 0 Å². The molecule has 0 spiro atoms. The van der Waals surface area contributed by atoms with Gasteiger partial charge in [-0.05, 0) is 56.2 Å². The predicted molar refractivity (Wildman–Crippen MR) is 92.1 cm³/mol. The molecule has 0 aliphatic heterocycles. The van der Waals surface area contributed by atoms with E-state index in [-0.39, 0.29) is 11.1 Å². The summed E-state index contributed by atoms with van der Waals surface area (Å²) in [5, 5.41) is 3.89. The molecule has 0 aliphatic rings. The monoisotopic (exact) mass is 389 g/mol. The van der Waals surface area contributed by atoms with Crippen LogP contribution in [0.5, 0.6) is 0 Å². The van der Waals surface area contributed by atoms with Gasteiger partial charge in [-0.25, -0.2) is 4.39 Å². The van der Waals surface area contributed by atoms with Crippen LogP contribution in [0.15, 0.2) is 28.7 Å². The number of halogens is 4. The van der Waals surface area contributed by atoms with Crippen molar-refractivity contribution in [3.63, 3.8) is 0 Å². The molecule has 5 heteroatoms. The molecule has 0 saturated heterocycles. The molecule has 0 amide bonds. The van der Waals surface area contributed by atoms with Crippen molar-refractivity contribution in [2.24, 2.45) is 0 Å². The second-order valence-electron chi connectivity index (χ2n) is 5.04. The van der Waals surface area contributed by atoms with Crippen molar-refractivity contribution >= 4 is 44.8 Å². The Morgan fingerprint density at radius 2 is 1.71 bits per heavy atom. The number of hydrogen-bond donors (Lipinski definition) is 1. The molecule has 1 unspecified atom stereocenters. The van der Waals surface area contributed by atoms with E-state index in [1.165, 1.54) is 12.1 Å². The van der Waals surface area contributed by atoms with Gasteiger partial charge in [0.25, 0.3) is 0 Å². The third-order valence-corrected chi connectivity index (χ3v) is 4.54. The van der Waals surface area contributed by atoms with Crippen molar-refractivity contribution in [3.8, 4) is 0 Å². The maximum Gasteiger partial charge on any atom is 0.142 e. The summed E-state index contributed by atoms with van der Waals surface area (Å²) in [6.07, 6.45) is 0. The Morgan fingerprint density at radius 3 is 2.29 bits per heavy atom. The van der Waals surface area contributed by atoms with Crippen LogP contribution in [0.2, 0.25) is 10.0 Å². The van der Waals surface area contributed by atoms with Crippen molar-refractivity contribution in [3.05, 3.63) is 61.3 Å². The van der Waals surface area contributed by atoms with Crippen molar-refractivity contribution in [2.75, 3.05) is 5.32 Å². The van der Waals surface area contributed by atoms with E-state index in [4.69, 9.17) is 23.2 Å². The summed E-state index contributed by atoms with van der Waals surface area (Å²) in [7, 11) is 0. The Balaban J connectivity index is 2.40. The highest BCUT2D eigenvalue weighted by Gasteiger charge is 2.18. The zero-order valence-corrected chi connectivity index (χ0v) is 15.0. The topological polar surface area (TPSA) is 12.0 Å². The summed E-state index contributed by atoms with van der Waals surface area (Å²) >= 11 is 15.7. The van der Waals surface area contributed by atoms with Crippen molar-refractivity contribution in [1.29, 1.82) is 0 Å². The quantitative estimate of drug-likeness (QED) is 0.576. The average Bonchev–Trinajstić information content (AvgIpc) is 2.38. The molecular formula is C16H15BrCl2FN. The molecule has 0 aliphatic carbocycles. The fourth-order valence-corrected chi connectivity index (χ4v) is 3.75. The third-order valence-electron chi connectivity index (χ3n) is 3.37. The van der Waals surface area contributed by atoms with Crippen molar-refractivity contribution in [1.82, 2.24) is 0 Å². The van der Waals surface area contributed by atoms with Gasteiger partial charge in [-0.1, -0.05) is 39.1 Å². The van der Waals surface area contributed by atoms with Crippen molar-refractivity contribution in [2.45, 2.75) is 26.8 Å². The summed E-state index contributed by atoms with van der Waals surface area (Å²) < 4.78 is 14.7. The normalized spacial score (nSPS) is 12.3. The molecule has 112 valence electrons. The Morgan fingerprint density at radius 1 is 1.14 bits per heavy atom. The molecule has 2 aromatic carbocycles. The molecule has 0 heterocycles. The molecule has 1 atom stereocenters. The van der Waals surface area contributed by atoms with Crippen LogP contribution in [0.25, 0.3) is 0 Å². The first-order valence-corrected chi connectivity index (χ1v) is 8.02. The molecular weight excluding hydrogens is 376 g/mol. The van der Waals surface area contributed by atoms with E-state index in [1.54, 1.807) is 0 Å². The zero-order valence-electron chi connectivity index (χ0n) is 11.9. The molecule has 2 rings (SSSR count). The van der Waals surface area contributed by atoms with E-state index >= 15 is 0 Å². The second-order valence-corrected chi connectivity index (χ2v) is 6.74. The van der Waals surface area contributed by atoms with Crippen LogP contribution in [0, 0.1) is 19.7 Å². The van der Waals surface area contributed by atoms with Gasteiger partial charge in [0.15, 0.2) is 0 Å². The predicted octanol–water partition coefficient (Wildman–Crippen LogP) is 6.68. The maximum atomic E-state index is 13.6. The fraction of sp³-hybridized carbons (Fsp3) is 0.250. The number of benzene rings is 2. The molecule has 1 N–H and O–H groups in total. The number of nitrogens with one attached hydrogen (secondary N) is 1. The molecule has 1 nitrogen and oxygen atoms in total. The van der Waals surface area contributed by atoms with E-state index in [9.17, 15) is 4.39 Å². The molecule has 0 aromatic heterocycles. The summed E-state index contributed by atoms with van der Waals surface area (Å²) in [5.41, 5.74) is 3.76. The van der Waals surface area contributed by atoms with Gasteiger partial charge in [-0.15, -0.1) is 0 Å². The largest absolute Gasteiger partial charge is 0.378 e. The van der Waals surface area contributed by atoms with Crippen LogP contribution in [0.4, 0.5) is 10.1 Å². The molecule has 21 heavy (non-hydrogen) atoms. The highest BCUT2D eigenvalue weighted by atomic mass is 79.9. The van der Waals surface area contributed by atoms with E-state index in [0.717, 1.165) is 21.3 Å². The van der Waals surface area contributed by atoms with Crippen LogP contribution in [0.1, 0.15) is 29.7 Å². The van der Waals surface area contributed by atoms with Gasteiger partial charge >= 0.3 is 0 Å². The lowest BCUT2D eigenvalue weighted by Gasteiger charge is -2.21. The first kappa shape index (κ1) is 16.6. The van der Waals surface area contributed by atoms with Crippen molar-refractivity contribution < 1.29 is 4.39 Å². The minimum absolute atomic E-state index is 0.0647. The van der Waals surface area contributed by atoms with E-state index in [2.05, 4.69) is 21.2 Å². The van der Waals surface area contributed by atoms with E-state index < -0.39 is 5.82 Å². The SMILES string of the molecule is Cc1cc(Br)cc(C)c1NC(C)c1c(Cl)ccc(F)c1Cl. The first-order valence-electron chi connectivity index (χ1n) is 6.48. The Hall–Kier alpha value is -0.770. The lowest BCUT2D eigenvalue weighted by molar-refractivity contribution is 0.624. The third kappa shape index (κ3) is 3.53. The fourth-order valence-electron chi connectivity index (χ4n) is 2.37. The highest BCUT2D eigenvalue weighted by molar-refractivity contribution is 9.10. The summed E-state index contributed by atoms with van der Waals surface area (Å²) in [5.74, 6) is -0.464. The minimum atomic E-state index is -0.464. The molecule has 0 fully saturated rings. The van der Waals surface area contributed by atoms with Gasteiger partial charge < -0.3 is 5.32 Å². The average molecular weight is 391 g/mol. The van der Waals surface area contributed by atoms with Gasteiger partial charge in [0.2, 0.25) is 0 Å². The second kappa shape index (κ2) is 6.55. The molecule has 0 radical (unpaired) electrons. The number of aryl methyl sites for hydroxylation is 2. The van der Waals surface area contributed by atoms with Gasteiger partial charge in [-0.2, -0.15) is 0 Å². The number of anilines is 1. The van der Waals surface area contributed by atoms with Crippen LogP contribution in [-0.4, -0.2) is 0 Å². The lowest BCUT2D eigenvalue weighted by atomic mass is 10.0. The lowest BCUT2D eigenvalue weighted by Crippen LogP contribution is -2.10. The standard InChI is InChI=1S/C16H15BrCl2FN/c1-8-6-11(17)7-9(2)16(8)21-10(3)14-12(18)4-5-13(20)15(14)19/h4-7,10,21H,1-3H3. The number of hydrogen-bond acceptors (Lipinski definition) is 1. The summed E-state index contributed by atoms with van der Waals surface area (Å²) in [4.78, 5) is 0. The summed E-state index contributed by atoms with van der Waals surface area (Å²) in [6.45, 7) is 5.94. The molecule has 2 aromatic rings. The van der Waals surface area contributed by atoms with E-state index in [1.807, 2.05) is 32.9 Å². The van der Waals surface area contributed by atoms with Crippen LogP contribution in [0.3, 0.4) is 0 Å². The number of rotatable bonds is 3.